The molecular formula is C32H38F4N4O3S. The Balaban J connectivity index is 1.75. The second-order valence-corrected chi connectivity index (χ2v) is 16.6. The SMILES string of the molecule is CC1CN(c2cc(F)c(-c3cccc(C=O)c3)cc2NC(=O)c2cnc(OCCS(C)(C)C)cc2C(F)(F)F)CC(C)N1C. The van der Waals surface area contributed by atoms with E-state index in [4.69, 9.17) is 4.74 Å². The van der Waals surface area contributed by atoms with Gasteiger partial charge < -0.3 is 15.0 Å². The van der Waals surface area contributed by atoms with Crippen molar-refractivity contribution in [3.05, 3.63) is 71.2 Å². The number of likely N-dealkylation sites (N-methyl/N-ethyl adjacent to an activating group) is 1. The summed E-state index contributed by atoms with van der Waals surface area (Å²) in [5.41, 5.74) is -0.617. The van der Waals surface area contributed by atoms with Crippen molar-refractivity contribution in [3.63, 3.8) is 0 Å². The molecule has 2 heterocycles. The Morgan fingerprint density at radius 3 is 2.41 bits per heavy atom. The van der Waals surface area contributed by atoms with Gasteiger partial charge in [0.15, 0.2) is 0 Å². The molecule has 1 saturated heterocycles. The molecule has 44 heavy (non-hydrogen) atoms. The highest BCUT2D eigenvalue weighted by molar-refractivity contribution is 8.32. The highest BCUT2D eigenvalue weighted by Crippen LogP contribution is 2.38. The summed E-state index contributed by atoms with van der Waals surface area (Å²) in [6.45, 7) is 5.24. The van der Waals surface area contributed by atoms with Crippen LogP contribution in [-0.4, -0.2) is 85.4 Å². The van der Waals surface area contributed by atoms with Crippen molar-refractivity contribution < 1.29 is 31.9 Å². The van der Waals surface area contributed by atoms with E-state index in [1.54, 1.807) is 18.2 Å². The van der Waals surface area contributed by atoms with E-state index in [1.807, 2.05) is 25.8 Å². The zero-order valence-electron chi connectivity index (χ0n) is 25.7. The van der Waals surface area contributed by atoms with Crippen molar-refractivity contribution >= 4 is 33.6 Å². The number of carbonyl (C=O) groups excluding carboxylic acids is 2. The average molecular weight is 635 g/mol. The van der Waals surface area contributed by atoms with Crippen molar-refractivity contribution in [2.45, 2.75) is 32.1 Å². The average Bonchev–Trinajstić information content (AvgIpc) is 2.95. The Labute approximate surface area is 256 Å². The number of alkyl halides is 3. The van der Waals surface area contributed by atoms with Crippen LogP contribution in [0.3, 0.4) is 0 Å². The lowest BCUT2D eigenvalue weighted by molar-refractivity contribution is -0.138. The quantitative estimate of drug-likeness (QED) is 0.212. The van der Waals surface area contributed by atoms with E-state index in [1.165, 1.54) is 18.2 Å². The molecule has 238 valence electrons. The number of hydrogen-bond acceptors (Lipinski definition) is 6. The van der Waals surface area contributed by atoms with Gasteiger partial charge in [0.25, 0.3) is 5.91 Å². The number of carbonyl (C=O) groups is 2. The molecule has 1 amide bonds. The first kappa shape index (κ1) is 33.3. The maximum atomic E-state index is 15.7. The molecule has 2 unspecified atom stereocenters. The standard InChI is InChI=1S/C32H38F4N4O3S/c1-20-17-40(18-21(2)39(20)3)29-15-27(33)24(23-9-7-8-22(12-23)19-41)13-28(29)38-31(42)25-16-37-30(14-26(25)32(34,35)36)43-10-11-44(4,5)6/h7-9,12-16,19-21H,10-11,17-18H2,1-6H3,(H,38,42). The lowest BCUT2D eigenvalue weighted by atomic mass is 10.00. The van der Waals surface area contributed by atoms with E-state index in [0.717, 1.165) is 12.3 Å². The Kier molecular flexibility index (Phi) is 9.94. The number of halogens is 4. The molecule has 0 aliphatic carbocycles. The first-order valence-corrected chi connectivity index (χ1v) is 17.1. The van der Waals surface area contributed by atoms with Gasteiger partial charge >= 0.3 is 6.18 Å². The van der Waals surface area contributed by atoms with Crippen LogP contribution in [0.5, 0.6) is 5.88 Å². The maximum Gasteiger partial charge on any atom is 0.417 e. The van der Waals surface area contributed by atoms with Gasteiger partial charge in [0.2, 0.25) is 5.88 Å². The van der Waals surface area contributed by atoms with Crippen LogP contribution in [0.4, 0.5) is 28.9 Å². The van der Waals surface area contributed by atoms with Crippen LogP contribution in [0.1, 0.15) is 40.1 Å². The lowest BCUT2D eigenvalue weighted by Gasteiger charge is -2.44. The number of anilines is 2. The number of nitrogens with zero attached hydrogens (tertiary/aromatic N) is 3. The highest BCUT2D eigenvalue weighted by Gasteiger charge is 2.37. The lowest BCUT2D eigenvalue weighted by Crippen LogP contribution is -2.55. The molecule has 12 heteroatoms. The van der Waals surface area contributed by atoms with Crippen LogP contribution in [0.15, 0.2) is 48.7 Å². The van der Waals surface area contributed by atoms with Gasteiger partial charge in [-0.15, -0.1) is 0 Å². The van der Waals surface area contributed by atoms with Gasteiger partial charge in [-0.3, -0.25) is 14.5 Å². The maximum absolute atomic E-state index is 15.7. The second kappa shape index (κ2) is 13.2. The molecule has 1 aliphatic rings. The summed E-state index contributed by atoms with van der Waals surface area (Å²) in [7, 11) is 1.06. The second-order valence-electron chi connectivity index (χ2n) is 12.0. The Morgan fingerprint density at radius 2 is 1.80 bits per heavy atom. The molecule has 0 bridgehead atoms. The van der Waals surface area contributed by atoms with Gasteiger partial charge in [-0.1, -0.05) is 18.2 Å². The molecule has 1 N–H and O–H groups in total. The predicted molar refractivity (Wildman–Crippen MR) is 169 cm³/mol. The Morgan fingerprint density at radius 1 is 1.11 bits per heavy atom. The molecule has 0 spiro atoms. The molecule has 0 saturated carbocycles. The number of hydrogen-bond donors (Lipinski definition) is 1. The molecule has 7 nitrogen and oxygen atoms in total. The molecular weight excluding hydrogens is 596 g/mol. The van der Waals surface area contributed by atoms with Crippen molar-refractivity contribution in [3.8, 4) is 17.0 Å². The third-order valence-corrected chi connectivity index (χ3v) is 9.13. The fourth-order valence-corrected chi connectivity index (χ4v) is 5.63. The van der Waals surface area contributed by atoms with E-state index < -0.39 is 39.1 Å². The number of aldehydes is 1. The van der Waals surface area contributed by atoms with E-state index >= 15 is 4.39 Å². The monoisotopic (exact) mass is 634 g/mol. The molecule has 4 rings (SSSR count). The minimum absolute atomic E-state index is 0.0851. The van der Waals surface area contributed by atoms with Crippen LogP contribution < -0.4 is 15.0 Å². The molecule has 2 atom stereocenters. The highest BCUT2D eigenvalue weighted by atomic mass is 32.3. The summed E-state index contributed by atoms with van der Waals surface area (Å²) >= 11 is 0. The van der Waals surface area contributed by atoms with Gasteiger partial charge in [-0.25, -0.2) is 19.4 Å². The van der Waals surface area contributed by atoms with E-state index in [9.17, 15) is 22.8 Å². The Hall–Kier alpha value is -3.64. The zero-order valence-corrected chi connectivity index (χ0v) is 26.5. The van der Waals surface area contributed by atoms with Crippen molar-refractivity contribution in [1.29, 1.82) is 0 Å². The summed E-state index contributed by atoms with van der Waals surface area (Å²) in [6.07, 6.45) is 2.82. The van der Waals surface area contributed by atoms with E-state index in [2.05, 4.69) is 34.0 Å². The summed E-state index contributed by atoms with van der Waals surface area (Å²) in [5.74, 6) is -1.20. The van der Waals surface area contributed by atoms with Crippen LogP contribution >= 0.6 is 10.0 Å². The number of piperazine rings is 1. The number of benzene rings is 2. The fourth-order valence-electron chi connectivity index (χ4n) is 5.04. The summed E-state index contributed by atoms with van der Waals surface area (Å²) in [6, 6.07) is 9.87. The number of nitrogens with one attached hydrogen (secondary N) is 1. The first-order chi connectivity index (χ1) is 20.6. The van der Waals surface area contributed by atoms with Crippen molar-refractivity contribution in [2.24, 2.45) is 0 Å². The zero-order chi connectivity index (χ0) is 32.4. The van der Waals surface area contributed by atoms with E-state index in [0.29, 0.717) is 41.9 Å². The molecule has 1 fully saturated rings. The van der Waals surface area contributed by atoms with Crippen LogP contribution in [0.2, 0.25) is 0 Å². The van der Waals surface area contributed by atoms with Crippen LogP contribution in [0.25, 0.3) is 11.1 Å². The summed E-state index contributed by atoms with van der Waals surface area (Å²) < 4.78 is 63.7. The van der Waals surface area contributed by atoms with E-state index in [-0.39, 0.29) is 35.8 Å². The smallest absolute Gasteiger partial charge is 0.417 e. The number of aromatic nitrogens is 1. The van der Waals surface area contributed by atoms with Gasteiger partial charge in [-0.2, -0.15) is 13.2 Å². The van der Waals surface area contributed by atoms with Gasteiger partial charge in [-0.05, 0) is 63.4 Å². The third kappa shape index (κ3) is 7.89. The molecule has 3 aromatic rings. The number of pyridine rings is 1. The first-order valence-electron chi connectivity index (χ1n) is 14.1. The molecule has 0 radical (unpaired) electrons. The fraction of sp³-hybridized carbons (Fsp3) is 0.406. The van der Waals surface area contributed by atoms with Gasteiger partial charge in [0.05, 0.1) is 29.1 Å². The minimum Gasteiger partial charge on any atom is -0.477 e. The van der Waals surface area contributed by atoms with Crippen LogP contribution in [0, 0.1) is 5.82 Å². The molecule has 2 aromatic carbocycles. The topological polar surface area (TPSA) is 74.8 Å². The van der Waals surface area contributed by atoms with Gasteiger partial charge in [0, 0.05) is 54.3 Å². The summed E-state index contributed by atoms with van der Waals surface area (Å²) in [5, 5.41) is 2.62. The normalized spacial score (nSPS) is 18.2. The number of amides is 1. The summed E-state index contributed by atoms with van der Waals surface area (Å²) in [4.78, 5) is 33.0. The number of ether oxygens (including phenoxy) is 1. The number of rotatable bonds is 9. The van der Waals surface area contributed by atoms with Crippen LogP contribution in [-0.2, 0) is 6.18 Å². The minimum atomic E-state index is -4.86. The van der Waals surface area contributed by atoms with Crippen molar-refractivity contribution in [1.82, 2.24) is 9.88 Å². The van der Waals surface area contributed by atoms with Crippen molar-refractivity contribution in [2.75, 3.05) is 61.5 Å². The largest absolute Gasteiger partial charge is 0.477 e. The van der Waals surface area contributed by atoms with Gasteiger partial charge in [0.1, 0.15) is 12.1 Å². The predicted octanol–water partition coefficient (Wildman–Crippen LogP) is 6.57. The third-order valence-electron chi connectivity index (χ3n) is 7.74. The Bertz CT molecular complexity index is 1510. The molecule has 1 aromatic heterocycles. The molecule has 1 aliphatic heterocycles.